The number of hydrogen-bond acceptors (Lipinski definition) is 0. The molecule has 0 saturated heterocycles. The fraction of sp³-hybridized carbons (Fsp3) is 0. The Morgan fingerprint density at radius 3 is 1.75 bits per heavy atom. The van der Waals surface area contributed by atoms with Crippen molar-refractivity contribution < 1.29 is 4.70 Å². The summed E-state index contributed by atoms with van der Waals surface area (Å²) in [5.74, 6) is 0. The molecule has 0 N–H and O–H groups in total. The first-order valence-electron chi connectivity index (χ1n) is 2.20. The zero-order chi connectivity index (χ0) is 5.11. The van der Waals surface area contributed by atoms with Gasteiger partial charge in [-0.1, -0.05) is 30.3 Å². The van der Waals surface area contributed by atoms with E-state index in [1.54, 1.807) is 0 Å². The van der Waals surface area contributed by atoms with E-state index in [2.05, 4.69) is 9.24 Å². The smallest absolute Gasteiger partial charge is 0.0303 e. The summed E-state index contributed by atoms with van der Waals surface area (Å²) in [6.07, 6.45) is 0. The zero-order valence-electron chi connectivity index (χ0n) is 4.37. The molecule has 44 valence electrons. The van der Waals surface area contributed by atoms with Crippen molar-refractivity contribution in [3.05, 3.63) is 30.3 Å². The monoisotopic (exact) mass is 130 g/mol. The van der Waals surface area contributed by atoms with Gasteiger partial charge in [-0.2, -0.15) is 0 Å². The SMILES string of the molecule is F.Pc1ccccc1. The largest absolute Gasteiger partial charge is 0.269 e. The molecule has 0 aliphatic carbocycles. The van der Waals surface area contributed by atoms with E-state index in [0.717, 1.165) is 0 Å². The number of hydrogen-bond donors (Lipinski definition) is 0. The van der Waals surface area contributed by atoms with Gasteiger partial charge in [0.15, 0.2) is 0 Å². The lowest BCUT2D eigenvalue weighted by molar-refractivity contribution is 1.11. The Hall–Kier alpha value is -0.420. The summed E-state index contributed by atoms with van der Waals surface area (Å²) in [6.45, 7) is 0. The molecule has 8 heavy (non-hydrogen) atoms. The minimum atomic E-state index is 0. The average Bonchev–Trinajstić information content (AvgIpc) is 1.69. The van der Waals surface area contributed by atoms with E-state index in [9.17, 15) is 0 Å². The van der Waals surface area contributed by atoms with E-state index in [0.29, 0.717) is 0 Å². The fourth-order valence-electron chi connectivity index (χ4n) is 0.453. The standard InChI is InChI=1S/C6H7P.FH/c7-6-4-2-1-3-5-6;/h1-5H,7H2;1H. The molecule has 0 aromatic heterocycles. The molecule has 1 unspecified atom stereocenters. The van der Waals surface area contributed by atoms with Gasteiger partial charge in [0.05, 0.1) is 0 Å². The van der Waals surface area contributed by atoms with Crippen LogP contribution in [0, 0.1) is 0 Å². The Labute approximate surface area is 50.5 Å². The van der Waals surface area contributed by atoms with Gasteiger partial charge in [-0.15, -0.1) is 9.24 Å². The van der Waals surface area contributed by atoms with Gasteiger partial charge in [-0.25, -0.2) is 0 Å². The third-order valence-electron chi connectivity index (χ3n) is 0.800. The van der Waals surface area contributed by atoms with Gasteiger partial charge >= 0.3 is 0 Å². The Morgan fingerprint density at radius 2 is 1.50 bits per heavy atom. The van der Waals surface area contributed by atoms with Crippen molar-refractivity contribution in [2.45, 2.75) is 0 Å². The summed E-state index contributed by atoms with van der Waals surface area (Å²) >= 11 is 0. The van der Waals surface area contributed by atoms with E-state index in [1.165, 1.54) is 5.30 Å². The number of benzene rings is 1. The summed E-state index contributed by atoms with van der Waals surface area (Å²) in [4.78, 5) is 0. The average molecular weight is 130 g/mol. The molecule has 0 bridgehead atoms. The molecule has 0 fully saturated rings. The Bertz CT molecular complexity index is 138. The first-order valence-corrected chi connectivity index (χ1v) is 2.78. The molecule has 1 aromatic rings. The first-order chi connectivity index (χ1) is 3.39. The van der Waals surface area contributed by atoms with Crippen LogP contribution in [-0.2, 0) is 0 Å². The third kappa shape index (κ3) is 2.04. The van der Waals surface area contributed by atoms with Crippen LogP contribution < -0.4 is 5.30 Å². The van der Waals surface area contributed by atoms with Crippen molar-refractivity contribution in [2.75, 3.05) is 0 Å². The fourth-order valence-corrected chi connectivity index (χ4v) is 0.675. The van der Waals surface area contributed by atoms with E-state index >= 15 is 0 Å². The third-order valence-corrected chi connectivity index (χ3v) is 1.18. The van der Waals surface area contributed by atoms with Crippen LogP contribution in [0.1, 0.15) is 0 Å². The molecule has 0 aliphatic heterocycles. The second-order valence-electron chi connectivity index (χ2n) is 1.41. The normalized spacial score (nSPS) is 7.62. The van der Waals surface area contributed by atoms with Gasteiger partial charge in [0.25, 0.3) is 0 Å². The highest BCUT2D eigenvalue weighted by Crippen LogP contribution is 1.86. The topological polar surface area (TPSA) is 0 Å². The van der Waals surface area contributed by atoms with Crippen LogP contribution in [0.3, 0.4) is 0 Å². The predicted molar refractivity (Wildman–Crippen MR) is 38.3 cm³/mol. The molecule has 1 atom stereocenters. The maximum absolute atomic E-state index is 2.63. The van der Waals surface area contributed by atoms with Crippen LogP contribution in [0.4, 0.5) is 4.70 Å². The van der Waals surface area contributed by atoms with Crippen LogP contribution in [0.25, 0.3) is 0 Å². The van der Waals surface area contributed by atoms with Crippen molar-refractivity contribution in [2.24, 2.45) is 0 Å². The first kappa shape index (κ1) is 7.58. The maximum atomic E-state index is 2.63. The lowest BCUT2D eigenvalue weighted by atomic mass is 10.4. The van der Waals surface area contributed by atoms with E-state index in [1.807, 2.05) is 30.3 Å². The number of rotatable bonds is 0. The molecule has 0 spiro atoms. The van der Waals surface area contributed by atoms with Crippen LogP contribution >= 0.6 is 9.24 Å². The van der Waals surface area contributed by atoms with Crippen LogP contribution in [0.15, 0.2) is 30.3 Å². The molecular formula is C6H8FP. The van der Waals surface area contributed by atoms with Gasteiger partial charge in [0, 0.05) is 0 Å². The summed E-state index contributed by atoms with van der Waals surface area (Å²) in [5.41, 5.74) is 0. The maximum Gasteiger partial charge on any atom is -0.0303 e. The summed E-state index contributed by atoms with van der Waals surface area (Å²) in [7, 11) is 2.63. The van der Waals surface area contributed by atoms with Gasteiger partial charge in [0.2, 0.25) is 0 Å². The second-order valence-corrected chi connectivity index (χ2v) is 2.08. The minimum Gasteiger partial charge on any atom is -0.269 e. The number of halogens is 1. The Morgan fingerprint density at radius 1 is 1.00 bits per heavy atom. The van der Waals surface area contributed by atoms with Gasteiger partial charge < -0.3 is 0 Å². The molecule has 0 saturated carbocycles. The summed E-state index contributed by atoms with van der Waals surface area (Å²) in [6, 6.07) is 10.1. The van der Waals surface area contributed by atoms with Gasteiger partial charge in [0.1, 0.15) is 0 Å². The Balaban J connectivity index is 0.000000490. The highest BCUT2D eigenvalue weighted by Gasteiger charge is 1.72. The molecule has 0 radical (unpaired) electrons. The second kappa shape index (κ2) is 3.57. The minimum absolute atomic E-state index is 0. The van der Waals surface area contributed by atoms with Gasteiger partial charge in [-0.05, 0) is 5.30 Å². The van der Waals surface area contributed by atoms with E-state index in [-0.39, 0.29) is 4.70 Å². The molecule has 1 rings (SSSR count). The molecule has 0 nitrogen and oxygen atoms in total. The highest BCUT2D eigenvalue weighted by atomic mass is 31.0. The van der Waals surface area contributed by atoms with Crippen molar-refractivity contribution in [1.82, 2.24) is 0 Å². The summed E-state index contributed by atoms with van der Waals surface area (Å²) < 4.78 is 0. The van der Waals surface area contributed by atoms with Crippen LogP contribution in [0.2, 0.25) is 0 Å². The predicted octanol–water partition coefficient (Wildman–Crippen LogP) is 1.34. The molecule has 0 heterocycles. The van der Waals surface area contributed by atoms with Crippen molar-refractivity contribution in [3.63, 3.8) is 0 Å². The van der Waals surface area contributed by atoms with Gasteiger partial charge in [-0.3, -0.25) is 4.70 Å². The van der Waals surface area contributed by atoms with Crippen LogP contribution in [-0.4, -0.2) is 0 Å². The molecule has 2 heteroatoms. The molecular weight excluding hydrogens is 122 g/mol. The van der Waals surface area contributed by atoms with E-state index in [4.69, 9.17) is 0 Å². The van der Waals surface area contributed by atoms with Crippen molar-refractivity contribution >= 4 is 14.5 Å². The molecule has 0 amide bonds. The van der Waals surface area contributed by atoms with Crippen molar-refractivity contribution in [3.8, 4) is 0 Å². The molecule has 0 aliphatic rings. The zero-order valence-corrected chi connectivity index (χ0v) is 5.53. The van der Waals surface area contributed by atoms with E-state index < -0.39 is 0 Å². The van der Waals surface area contributed by atoms with Crippen LogP contribution in [0.5, 0.6) is 0 Å². The van der Waals surface area contributed by atoms with Crippen molar-refractivity contribution in [1.29, 1.82) is 0 Å². The lowest BCUT2D eigenvalue weighted by Gasteiger charge is -1.82. The summed E-state index contributed by atoms with van der Waals surface area (Å²) in [5, 5.41) is 1.24. The quantitative estimate of drug-likeness (QED) is 0.465. The lowest BCUT2D eigenvalue weighted by Crippen LogP contribution is -1.82. The Kier molecular flexibility index (Phi) is 3.38. The highest BCUT2D eigenvalue weighted by molar-refractivity contribution is 7.27. The molecule has 1 aromatic carbocycles.